The Labute approximate surface area is 96.3 Å². The summed E-state index contributed by atoms with van der Waals surface area (Å²) in [7, 11) is 0. The summed E-state index contributed by atoms with van der Waals surface area (Å²) < 4.78 is 5.44. The van der Waals surface area contributed by atoms with E-state index in [9.17, 15) is 0 Å². The lowest BCUT2D eigenvalue weighted by atomic mass is 10.1. The lowest BCUT2D eigenvalue weighted by Gasteiger charge is -2.03. The number of aromatic nitrogens is 1. The van der Waals surface area contributed by atoms with Gasteiger partial charge in [-0.2, -0.15) is 0 Å². The zero-order valence-electron chi connectivity index (χ0n) is 9.48. The number of hydrogen-bond donors (Lipinski definition) is 2. The molecule has 0 aliphatic carbocycles. The normalized spacial score (nSPS) is 10.2. The van der Waals surface area contributed by atoms with Crippen LogP contribution in [0.3, 0.4) is 0 Å². The van der Waals surface area contributed by atoms with Gasteiger partial charge in [-0.25, -0.2) is 0 Å². The fourth-order valence-electron chi connectivity index (χ4n) is 1.39. The van der Waals surface area contributed by atoms with E-state index in [-0.39, 0.29) is 5.84 Å². The largest absolute Gasteiger partial charge is 0.388 e. The lowest BCUT2D eigenvalue weighted by molar-refractivity contribution is 0.131. The summed E-state index contributed by atoms with van der Waals surface area (Å²) in [6.45, 7) is 1.45. The molecule has 16 heavy (non-hydrogen) atoms. The van der Waals surface area contributed by atoms with Crippen LogP contribution in [0.2, 0.25) is 0 Å². The molecule has 4 heteroatoms. The molecule has 3 N–H and O–H groups in total. The van der Waals surface area contributed by atoms with Crippen molar-refractivity contribution in [1.29, 1.82) is 5.41 Å². The molecule has 0 radical (unpaired) electrons. The number of rotatable bonds is 8. The van der Waals surface area contributed by atoms with Crippen LogP contribution >= 0.6 is 0 Å². The van der Waals surface area contributed by atoms with Crippen molar-refractivity contribution in [3.8, 4) is 0 Å². The van der Waals surface area contributed by atoms with Gasteiger partial charge in [0.25, 0.3) is 0 Å². The Morgan fingerprint density at radius 3 is 2.62 bits per heavy atom. The van der Waals surface area contributed by atoms with E-state index in [1.807, 2.05) is 24.5 Å². The Hall–Kier alpha value is -1.42. The van der Waals surface area contributed by atoms with Crippen LogP contribution in [0.4, 0.5) is 0 Å². The minimum absolute atomic E-state index is 0.236. The van der Waals surface area contributed by atoms with Gasteiger partial charge in [0.05, 0.1) is 5.84 Å². The topological polar surface area (TPSA) is 72.0 Å². The molecule has 0 saturated carbocycles. The first-order valence-electron chi connectivity index (χ1n) is 5.58. The number of hydrogen-bond acceptors (Lipinski definition) is 3. The maximum absolute atomic E-state index is 7.04. The molecule has 0 aromatic carbocycles. The molecule has 0 spiro atoms. The van der Waals surface area contributed by atoms with Crippen molar-refractivity contribution in [3.05, 3.63) is 30.1 Å². The summed E-state index contributed by atoms with van der Waals surface area (Å²) in [5.74, 6) is 0.236. The molecule has 0 bridgehead atoms. The summed E-state index contributed by atoms with van der Waals surface area (Å²) in [4.78, 5) is 3.97. The highest BCUT2D eigenvalue weighted by Crippen LogP contribution is 2.01. The molecule has 4 nitrogen and oxygen atoms in total. The van der Waals surface area contributed by atoms with Gasteiger partial charge < -0.3 is 10.5 Å². The molecule has 0 fully saturated rings. The van der Waals surface area contributed by atoms with Crippen LogP contribution in [0.15, 0.2) is 24.5 Å². The maximum atomic E-state index is 7.04. The van der Waals surface area contributed by atoms with Gasteiger partial charge >= 0.3 is 0 Å². The second-order valence-electron chi connectivity index (χ2n) is 3.70. The van der Waals surface area contributed by atoms with Crippen molar-refractivity contribution < 1.29 is 4.74 Å². The smallest absolute Gasteiger partial charge is 0.0906 e. The maximum Gasteiger partial charge on any atom is 0.0906 e. The van der Waals surface area contributed by atoms with Gasteiger partial charge in [-0.15, -0.1) is 0 Å². The summed E-state index contributed by atoms with van der Waals surface area (Å²) in [6, 6.07) is 4.05. The number of ether oxygens (including phenoxy) is 1. The highest BCUT2D eigenvalue weighted by Gasteiger charge is 1.94. The Bertz CT molecular complexity index is 300. The van der Waals surface area contributed by atoms with Crippen LogP contribution in [-0.2, 0) is 11.2 Å². The van der Waals surface area contributed by atoms with E-state index in [2.05, 4.69) is 4.98 Å². The summed E-state index contributed by atoms with van der Waals surface area (Å²) >= 11 is 0. The molecule has 0 aliphatic rings. The van der Waals surface area contributed by atoms with E-state index in [0.29, 0.717) is 13.0 Å². The molecule has 0 atom stereocenters. The molecule has 1 aromatic rings. The molecule has 0 amide bonds. The van der Waals surface area contributed by atoms with Gasteiger partial charge in [0.2, 0.25) is 0 Å². The fourth-order valence-corrected chi connectivity index (χ4v) is 1.39. The highest BCUT2D eigenvalue weighted by molar-refractivity contribution is 5.76. The molecule has 0 unspecified atom stereocenters. The van der Waals surface area contributed by atoms with Crippen molar-refractivity contribution in [1.82, 2.24) is 4.98 Å². The van der Waals surface area contributed by atoms with Gasteiger partial charge in [0.15, 0.2) is 0 Å². The standard InChI is InChI=1S/C12H19N3O/c13-12(14)4-2-10-16-9-1-3-11-5-7-15-8-6-11/h5-8H,1-4,9-10H2,(H3,13,14). The second kappa shape index (κ2) is 7.82. The second-order valence-corrected chi connectivity index (χ2v) is 3.70. The Morgan fingerprint density at radius 2 is 1.94 bits per heavy atom. The first-order valence-corrected chi connectivity index (χ1v) is 5.58. The van der Waals surface area contributed by atoms with E-state index >= 15 is 0 Å². The Balaban J connectivity index is 1.94. The number of nitrogens with one attached hydrogen (secondary N) is 1. The zero-order chi connectivity index (χ0) is 11.6. The van der Waals surface area contributed by atoms with E-state index in [1.54, 1.807) is 0 Å². The lowest BCUT2D eigenvalue weighted by Crippen LogP contribution is -2.10. The van der Waals surface area contributed by atoms with Gasteiger partial charge in [-0.05, 0) is 37.0 Å². The van der Waals surface area contributed by atoms with Crippen LogP contribution < -0.4 is 5.73 Å². The van der Waals surface area contributed by atoms with Crippen LogP contribution in [0, 0.1) is 5.41 Å². The van der Waals surface area contributed by atoms with Gasteiger partial charge in [0, 0.05) is 32.0 Å². The van der Waals surface area contributed by atoms with Crippen LogP contribution in [0.5, 0.6) is 0 Å². The predicted octanol–water partition coefficient (Wildman–Crippen LogP) is 1.75. The predicted molar refractivity (Wildman–Crippen MR) is 64.5 cm³/mol. The Kier molecular flexibility index (Phi) is 6.18. The molecule has 0 saturated heterocycles. The monoisotopic (exact) mass is 221 g/mol. The molecular formula is C12H19N3O. The average molecular weight is 221 g/mol. The third kappa shape index (κ3) is 6.14. The van der Waals surface area contributed by atoms with Crippen LogP contribution in [0.1, 0.15) is 24.8 Å². The third-order valence-corrected chi connectivity index (χ3v) is 2.24. The highest BCUT2D eigenvalue weighted by atomic mass is 16.5. The summed E-state index contributed by atoms with van der Waals surface area (Å²) in [6.07, 6.45) is 7.13. The quantitative estimate of drug-likeness (QED) is 0.399. The number of nitrogens with two attached hydrogens (primary N) is 1. The van der Waals surface area contributed by atoms with E-state index in [0.717, 1.165) is 25.9 Å². The van der Waals surface area contributed by atoms with Crippen molar-refractivity contribution in [2.75, 3.05) is 13.2 Å². The van der Waals surface area contributed by atoms with Crippen LogP contribution in [0.25, 0.3) is 0 Å². The number of amidine groups is 1. The number of aryl methyl sites for hydroxylation is 1. The van der Waals surface area contributed by atoms with Gasteiger partial charge in [0.1, 0.15) is 0 Å². The Morgan fingerprint density at radius 1 is 1.25 bits per heavy atom. The average Bonchev–Trinajstić information content (AvgIpc) is 2.29. The minimum atomic E-state index is 0.236. The van der Waals surface area contributed by atoms with Gasteiger partial charge in [-0.1, -0.05) is 0 Å². The molecule has 0 aliphatic heterocycles. The number of pyridine rings is 1. The van der Waals surface area contributed by atoms with Crippen molar-refractivity contribution in [3.63, 3.8) is 0 Å². The fraction of sp³-hybridized carbons (Fsp3) is 0.500. The third-order valence-electron chi connectivity index (χ3n) is 2.24. The molecule has 1 rings (SSSR count). The van der Waals surface area contributed by atoms with E-state index in [1.165, 1.54) is 5.56 Å². The number of nitrogens with zero attached hydrogens (tertiary/aromatic N) is 1. The summed E-state index contributed by atoms with van der Waals surface area (Å²) in [5, 5.41) is 7.04. The van der Waals surface area contributed by atoms with E-state index in [4.69, 9.17) is 15.9 Å². The SMILES string of the molecule is N=C(N)CCCOCCCc1ccncc1. The molecular weight excluding hydrogens is 202 g/mol. The van der Waals surface area contributed by atoms with E-state index < -0.39 is 0 Å². The first kappa shape index (κ1) is 12.6. The van der Waals surface area contributed by atoms with Crippen LogP contribution in [-0.4, -0.2) is 24.0 Å². The first-order chi connectivity index (χ1) is 7.79. The van der Waals surface area contributed by atoms with Gasteiger partial charge in [-0.3, -0.25) is 10.4 Å². The van der Waals surface area contributed by atoms with Crippen molar-refractivity contribution >= 4 is 5.84 Å². The van der Waals surface area contributed by atoms with Crippen molar-refractivity contribution in [2.24, 2.45) is 5.73 Å². The minimum Gasteiger partial charge on any atom is -0.388 e. The zero-order valence-corrected chi connectivity index (χ0v) is 9.48. The molecule has 1 aromatic heterocycles. The van der Waals surface area contributed by atoms with Crippen molar-refractivity contribution in [2.45, 2.75) is 25.7 Å². The molecule has 88 valence electrons. The summed E-state index contributed by atoms with van der Waals surface area (Å²) in [5.41, 5.74) is 6.53. The molecule has 1 heterocycles.